The van der Waals surface area contributed by atoms with Gasteiger partial charge in [0, 0.05) is 31.2 Å². The average molecular weight is 351 g/mol. The lowest BCUT2D eigenvalue weighted by Gasteiger charge is -2.25. The number of likely N-dealkylation sites (N-methyl/N-ethyl adjacent to an activating group) is 1. The molecule has 0 spiro atoms. The molecule has 0 fully saturated rings. The van der Waals surface area contributed by atoms with Crippen LogP contribution in [0, 0.1) is 5.82 Å². The number of benzene rings is 2. The molecule has 4 nitrogen and oxygen atoms in total. The summed E-state index contributed by atoms with van der Waals surface area (Å²) in [7, 11) is 3.92. The summed E-state index contributed by atoms with van der Waals surface area (Å²) in [6, 6.07) is 16.0. The van der Waals surface area contributed by atoms with E-state index in [0.717, 1.165) is 16.3 Å². The first-order valence-electron chi connectivity index (χ1n) is 8.57. The highest BCUT2D eigenvalue weighted by atomic mass is 19.1. The van der Waals surface area contributed by atoms with E-state index in [1.807, 2.05) is 55.4 Å². The Morgan fingerprint density at radius 1 is 1.04 bits per heavy atom. The number of carbonyl (C=O) groups excluding carboxylic acids is 1. The summed E-state index contributed by atoms with van der Waals surface area (Å²) in [6.45, 7) is 1.59. The fraction of sp³-hybridized carbons (Fsp3) is 0.238. The van der Waals surface area contributed by atoms with E-state index in [0.29, 0.717) is 25.3 Å². The Kier molecular flexibility index (Phi) is 5.58. The molecule has 0 N–H and O–H groups in total. The van der Waals surface area contributed by atoms with Gasteiger partial charge in [-0.3, -0.25) is 9.78 Å². The highest BCUT2D eigenvalue weighted by Crippen LogP contribution is 2.19. The third kappa shape index (κ3) is 4.24. The third-order valence-corrected chi connectivity index (χ3v) is 4.24. The van der Waals surface area contributed by atoms with E-state index >= 15 is 0 Å². The normalized spacial score (nSPS) is 11.1. The highest BCUT2D eigenvalue weighted by molar-refractivity contribution is 6.05. The summed E-state index contributed by atoms with van der Waals surface area (Å²) in [5.74, 6) is -0.446. The van der Waals surface area contributed by atoms with Crippen LogP contribution >= 0.6 is 0 Å². The monoisotopic (exact) mass is 351 g/mol. The van der Waals surface area contributed by atoms with E-state index in [-0.39, 0.29) is 11.7 Å². The molecule has 3 aromatic rings. The Labute approximate surface area is 152 Å². The van der Waals surface area contributed by atoms with Gasteiger partial charge in [0.15, 0.2) is 0 Å². The van der Waals surface area contributed by atoms with Crippen LogP contribution in [0.15, 0.2) is 60.8 Å². The van der Waals surface area contributed by atoms with Crippen LogP contribution in [0.1, 0.15) is 16.1 Å². The van der Waals surface area contributed by atoms with E-state index < -0.39 is 0 Å². The standard InChI is InChI=1S/C21H22FN3O/c1-24(2)12-13-25(15-16-6-5-8-18(22)14-16)21(26)20-19-9-4-3-7-17(19)10-11-23-20/h3-11,14H,12-13,15H2,1-2H3. The van der Waals surface area contributed by atoms with Gasteiger partial charge < -0.3 is 9.80 Å². The van der Waals surface area contributed by atoms with Crippen molar-refractivity contribution in [3.05, 3.63) is 77.9 Å². The van der Waals surface area contributed by atoms with E-state index in [4.69, 9.17) is 0 Å². The number of pyridine rings is 1. The first kappa shape index (κ1) is 18.0. The fourth-order valence-electron chi connectivity index (χ4n) is 2.87. The Bertz CT molecular complexity index is 905. The summed E-state index contributed by atoms with van der Waals surface area (Å²) in [6.07, 6.45) is 1.65. The smallest absolute Gasteiger partial charge is 0.273 e. The molecule has 0 aliphatic carbocycles. The zero-order chi connectivity index (χ0) is 18.5. The quantitative estimate of drug-likeness (QED) is 0.681. The maximum absolute atomic E-state index is 13.5. The van der Waals surface area contributed by atoms with Gasteiger partial charge in [0.2, 0.25) is 0 Å². The Balaban J connectivity index is 1.93. The highest BCUT2D eigenvalue weighted by Gasteiger charge is 2.20. The largest absolute Gasteiger partial charge is 0.332 e. The maximum atomic E-state index is 13.5. The third-order valence-electron chi connectivity index (χ3n) is 4.24. The number of amides is 1. The second kappa shape index (κ2) is 8.06. The van der Waals surface area contributed by atoms with Crippen molar-refractivity contribution >= 4 is 16.7 Å². The van der Waals surface area contributed by atoms with Crippen LogP contribution in [0.25, 0.3) is 10.8 Å². The average Bonchev–Trinajstić information content (AvgIpc) is 2.64. The van der Waals surface area contributed by atoms with Gasteiger partial charge in [-0.2, -0.15) is 0 Å². The topological polar surface area (TPSA) is 36.4 Å². The fourth-order valence-corrected chi connectivity index (χ4v) is 2.87. The van der Waals surface area contributed by atoms with Gasteiger partial charge in [-0.25, -0.2) is 4.39 Å². The molecular formula is C21H22FN3O. The van der Waals surface area contributed by atoms with Crippen LogP contribution in [-0.2, 0) is 6.54 Å². The number of nitrogens with zero attached hydrogens (tertiary/aromatic N) is 3. The van der Waals surface area contributed by atoms with Crippen molar-refractivity contribution < 1.29 is 9.18 Å². The zero-order valence-electron chi connectivity index (χ0n) is 15.0. The van der Waals surface area contributed by atoms with Gasteiger partial charge in [-0.05, 0) is 43.2 Å². The number of hydrogen-bond acceptors (Lipinski definition) is 3. The molecule has 0 radical (unpaired) electrons. The second-order valence-corrected chi connectivity index (χ2v) is 6.54. The summed E-state index contributed by atoms with van der Waals surface area (Å²) in [5.41, 5.74) is 1.19. The molecule has 0 saturated carbocycles. The minimum Gasteiger partial charge on any atom is -0.332 e. The van der Waals surface area contributed by atoms with Gasteiger partial charge in [0.25, 0.3) is 5.91 Å². The van der Waals surface area contributed by atoms with Crippen LogP contribution in [-0.4, -0.2) is 47.9 Å². The maximum Gasteiger partial charge on any atom is 0.273 e. The summed E-state index contributed by atoms with van der Waals surface area (Å²) in [4.78, 5) is 21.3. The minimum atomic E-state index is -0.300. The lowest BCUT2D eigenvalue weighted by atomic mass is 10.1. The number of rotatable bonds is 6. The van der Waals surface area contributed by atoms with Gasteiger partial charge in [-0.15, -0.1) is 0 Å². The lowest BCUT2D eigenvalue weighted by Crippen LogP contribution is -2.36. The van der Waals surface area contributed by atoms with Crippen LogP contribution in [0.4, 0.5) is 4.39 Å². The number of halogens is 1. The Morgan fingerprint density at radius 3 is 2.62 bits per heavy atom. The van der Waals surface area contributed by atoms with E-state index in [1.54, 1.807) is 17.2 Å². The minimum absolute atomic E-state index is 0.145. The van der Waals surface area contributed by atoms with Crippen molar-refractivity contribution in [2.24, 2.45) is 0 Å². The molecule has 1 aromatic heterocycles. The van der Waals surface area contributed by atoms with Crippen molar-refractivity contribution in [3.8, 4) is 0 Å². The Hall–Kier alpha value is -2.79. The van der Waals surface area contributed by atoms with Crippen LogP contribution in [0.3, 0.4) is 0 Å². The summed E-state index contributed by atoms with van der Waals surface area (Å²) in [5, 5.41) is 1.80. The number of hydrogen-bond donors (Lipinski definition) is 0. The van der Waals surface area contributed by atoms with Crippen molar-refractivity contribution in [2.45, 2.75) is 6.54 Å². The first-order valence-corrected chi connectivity index (χ1v) is 8.57. The van der Waals surface area contributed by atoms with Gasteiger partial charge in [0.1, 0.15) is 11.5 Å². The molecule has 2 aromatic carbocycles. The molecule has 0 saturated heterocycles. The van der Waals surface area contributed by atoms with Gasteiger partial charge in [-0.1, -0.05) is 36.4 Å². The molecule has 3 rings (SSSR count). The molecule has 5 heteroatoms. The lowest BCUT2D eigenvalue weighted by molar-refractivity contribution is 0.0728. The molecule has 0 aliphatic heterocycles. The molecular weight excluding hydrogens is 329 g/mol. The van der Waals surface area contributed by atoms with Crippen molar-refractivity contribution in [1.82, 2.24) is 14.8 Å². The van der Waals surface area contributed by atoms with Crippen molar-refractivity contribution in [2.75, 3.05) is 27.2 Å². The predicted octanol–water partition coefficient (Wildman–Crippen LogP) is 3.58. The van der Waals surface area contributed by atoms with Crippen LogP contribution in [0.2, 0.25) is 0 Å². The summed E-state index contributed by atoms with van der Waals surface area (Å²) < 4.78 is 13.5. The number of aromatic nitrogens is 1. The predicted molar refractivity (Wildman–Crippen MR) is 101 cm³/mol. The molecule has 0 aliphatic rings. The Morgan fingerprint density at radius 2 is 1.85 bits per heavy atom. The van der Waals surface area contributed by atoms with E-state index in [9.17, 15) is 9.18 Å². The second-order valence-electron chi connectivity index (χ2n) is 6.54. The van der Waals surface area contributed by atoms with E-state index in [2.05, 4.69) is 4.98 Å². The van der Waals surface area contributed by atoms with Crippen molar-refractivity contribution in [3.63, 3.8) is 0 Å². The van der Waals surface area contributed by atoms with Crippen LogP contribution < -0.4 is 0 Å². The van der Waals surface area contributed by atoms with Crippen molar-refractivity contribution in [1.29, 1.82) is 0 Å². The summed E-state index contributed by atoms with van der Waals surface area (Å²) >= 11 is 0. The SMILES string of the molecule is CN(C)CCN(Cc1cccc(F)c1)C(=O)c1nccc2ccccc12. The zero-order valence-corrected chi connectivity index (χ0v) is 15.0. The number of fused-ring (bicyclic) bond motifs is 1. The molecule has 1 amide bonds. The first-order chi connectivity index (χ1) is 12.5. The molecule has 0 atom stereocenters. The van der Waals surface area contributed by atoms with Gasteiger partial charge >= 0.3 is 0 Å². The molecule has 134 valence electrons. The molecule has 0 unspecified atom stereocenters. The number of carbonyl (C=O) groups is 1. The van der Waals surface area contributed by atoms with Gasteiger partial charge in [0.05, 0.1) is 0 Å². The molecule has 0 bridgehead atoms. The molecule has 26 heavy (non-hydrogen) atoms. The van der Waals surface area contributed by atoms with E-state index in [1.165, 1.54) is 12.1 Å². The molecule has 1 heterocycles. The van der Waals surface area contributed by atoms with Crippen LogP contribution in [0.5, 0.6) is 0 Å².